The first-order valence-electron chi connectivity index (χ1n) is 2.84. The van der Waals surface area contributed by atoms with Gasteiger partial charge in [0.2, 0.25) is 0 Å². The fourth-order valence-electron chi connectivity index (χ4n) is 0.838. The smallest absolute Gasteiger partial charge is 0.0894 e. The molecule has 0 aromatic carbocycles. The van der Waals surface area contributed by atoms with Crippen molar-refractivity contribution in [2.75, 3.05) is 13.1 Å². The highest BCUT2D eigenvalue weighted by atomic mass is 16.5. The Labute approximate surface area is 49.3 Å². The second kappa shape index (κ2) is 1.69. The molecular formula is C5H12N2O. The van der Waals surface area contributed by atoms with Crippen LogP contribution in [0.5, 0.6) is 0 Å². The van der Waals surface area contributed by atoms with Crippen LogP contribution in [-0.2, 0) is 0 Å². The van der Waals surface area contributed by atoms with Gasteiger partial charge in [-0.3, -0.25) is 5.32 Å². The molecule has 1 saturated heterocycles. The molecule has 3 heteroatoms. The monoisotopic (exact) mass is 116 g/mol. The van der Waals surface area contributed by atoms with Crippen molar-refractivity contribution >= 4 is 0 Å². The first-order valence-corrected chi connectivity index (χ1v) is 2.84. The third-order valence-electron chi connectivity index (χ3n) is 1.53. The van der Waals surface area contributed by atoms with Crippen molar-refractivity contribution in [2.45, 2.75) is 19.5 Å². The van der Waals surface area contributed by atoms with E-state index in [1.165, 1.54) is 5.06 Å². The molecule has 0 amide bonds. The Balaban J connectivity index is 2.54. The zero-order valence-electron chi connectivity index (χ0n) is 5.31. The van der Waals surface area contributed by atoms with Gasteiger partial charge in [0.15, 0.2) is 0 Å². The predicted molar refractivity (Wildman–Crippen MR) is 30.6 cm³/mol. The van der Waals surface area contributed by atoms with Crippen LogP contribution in [0, 0.1) is 0 Å². The molecule has 0 unspecified atom stereocenters. The van der Waals surface area contributed by atoms with E-state index in [4.69, 9.17) is 5.21 Å². The fourth-order valence-corrected chi connectivity index (χ4v) is 0.838. The van der Waals surface area contributed by atoms with Gasteiger partial charge in [-0.2, -0.15) is 5.06 Å². The van der Waals surface area contributed by atoms with E-state index in [9.17, 15) is 0 Å². The Morgan fingerprint density at radius 3 is 2.38 bits per heavy atom. The molecule has 1 fully saturated rings. The summed E-state index contributed by atoms with van der Waals surface area (Å²) in [5, 5.41) is 13.5. The lowest BCUT2D eigenvalue weighted by Gasteiger charge is -2.24. The van der Waals surface area contributed by atoms with Crippen LogP contribution in [0.15, 0.2) is 0 Å². The van der Waals surface area contributed by atoms with Crippen LogP contribution in [0.3, 0.4) is 0 Å². The van der Waals surface area contributed by atoms with Crippen molar-refractivity contribution in [2.24, 2.45) is 0 Å². The van der Waals surface area contributed by atoms with Gasteiger partial charge in [0.05, 0.1) is 5.66 Å². The Bertz CT molecular complexity index is 92.4. The first-order chi connectivity index (χ1) is 3.63. The van der Waals surface area contributed by atoms with E-state index >= 15 is 0 Å². The molecule has 8 heavy (non-hydrogen) atoms. The topological polar surface area (TPSA) is 35.5 Å². The molecule has 0 saturated carbocycles. The second-order valence-corrected chi connectivity index (χ2v) is 2.61. The second-order valence-electron chi connectivity index (χ2n) is 2.61. The Kier molecular flexibility index (Phi) is 1.27. The van der Waals surface area contributed by atoms with Gasteiger partial charge in [0, 0.05) is 13.1 Å². The molecule has 0 radical (unpaired) electrons. The number of rotatable bonds is 0. The number of nitrogens with zero attached hydrogens (tertiary/aromatic N) is 1. The predicted octanol–water partition coefficient (Wildman–Crippen LogP) is 0.0169. The van der Waals surface area contributed by atoms with Gasteiger partial charge in [0.1, 0.15) is 0 Å². The summed E-state index contributed by atoms with van der Waals surface area (Å²) < 4.78 is 0. The van der Waals surface area contributed by atoms with E-state index in [2.05, 4.69) is 5.32 Å². The minimum Gasteiger partial charge on any atom is -0.312 e. The summed E-state index contributed by atoms with van der Waals surface area (Å²) in [6.45, 7) is 5.50. The molecular weight excluding hydrogens is 104 g/mol. The van der Waals surface area contributed by atoms with E-state index in [0.717, 1.165) is 13.1 Å². The summed E-state index contributed by atoms with van der Waals surface area (Å²) in [7, 11) is 0. The summed E-state index contributed by atoms with van der Waals surface area (Å²) in [5.41, 5.74) is -0.208. The lowest BCUT2D eigenvalue weighted by Crippen LogP contribution is -2.43. The summed E-state index contributed by atoms with van der Waals surface area (Å²) in [6.07, 6.45) is 0. The van der Waals surface area contributed by atoms with E-state index < -0.39 is 0 Å². The number of hydrogen-bond donors (Lipinski definition) is 2. The molecule has 0 bridgehead atoms. The maximum Gasteiger partial charge on any atom is 0.0894 e. The number of hydrogen-bond acceptors (Lipinski definition) is 3. The molecule has 0 atom stereocenters. The van der Waals surface area contributed by atoms with Crippen molar-refractivity contribution in [1.82, 2.24) is 10.4 Å². The van der Waals surface area contributed by atoms with Crippen LogP contribution >= 0.6 is 0 Å². The van der Waals surface area contributed by atoms with Crippen LogP contribution < -0.4 is 5.32 Å². The summed E-state index contributed by atoms with van der Waals surface area (Å²) in [4.78, 5) is 0. The zero-order chi connectivity index (χ0) is 6.20. The maximum absolute atomic E-state index is 9.03. The van der Waals surface area contributed by atoms with Gasteiger partial charge in [-0.25, -0.2) is 0 Å². The average molecular weight is 116 g/mol. The molecule has 2 N–H and O–H groups in total. The largest absolute Gasteiger partial charge is 0.312 e. The Morgan fingerprint density at radius 2 is 2.25 bits per heavy atom. The van der Waals surface area contributed by atoms with Gasteiger partial charge in [0.25, 0.3) is 0 Å². The third kappa shape index (κ3) is 0.844. The Morgan fingerprint density at radius 1 is 1.62 bits per heavy atom. The molecule has 3 nitrogen and oxygen atoms in total. The molecule has 0 aromatic heterocycles. The summed E-state index contributed by atoms with van der Waals surface area (Å²) in [5.74, 6) is 0. The minimum absolute atomic E-state index is 0.208. The molecule has 48 valence electrons. The van der Waals surface area contributed by atoms with Crippen molar-refractivity contribution < 1.29 is 5.21 Å². The van der Waals surface area contributed by atoms with Crippen molar-refractivity contribution in [3.63, 3.8) is 0 Å². The lowest BCUT2D eigenvalue weighted by molar-refractivity contribution is -0.140. The Hall–Kier alpha value is -0.120. The van der Waals surface area contributed by atoms with Gasteiger partial charge in [-0.05, 0) is 13.8 Å². The molecule has 0 aliphatic carbocycles. The molecule has 1 aliphatic heterocycles. The SMILES string of the molecule is CC1(C)NCCN1O. The van der Waals surface area contributed by atoms with Gasteiger partial charge in [-0.1, -0.05) is 0 Å². The number of hydroxylamine groups is 2. The molecule has 0 spiro atoms. The van der Waals surface area contributed by atoms with Crippen LogP contribution in [0.1, 0.15) is 13.8 Å². The van der Waals surface area contributed by atoms with Crippen LogP contribution in [-0.4, -0.2) is 29.0 Å². The van der Waals surface area contributed by atoms with Gasteiger partial charge < -0.3 is 5.21 Å². The number of nitrogens with one attached hydrogen (secondary N) is 1. The normalized spacial score (nSPS) is 28.9. The van der Waals surface area contributed by atoms with E-state index in [0.29, 0.717) is 0 Å². The summed E-state index contributed by atoms with van der Waals surface area (Å²) >= 11 is 0. The van der Waals surface area contributed by atoms with Crippen LogP contribution in [0.4, 0.5) is 0 Å². The average Bonchev–Trinajstić information content (AvgIpc) is 1.86. The van der Waals surface area contributed by atoms with E-state index in [1.807, 2.05) is 13.8 Å². The first kappa shape index (κ1) is 6.01. The highest BCUT2D eigenvalue weighted by Crippen LogP contribution is 2.10. The maximum atomic E-state index is 9.03. The highest BCUT2D eigenvalue weighted by molar-refractivity contribution is 4.79. The minimum atomic E-state index is -0.208. The molecule has 1 rings (SSSR count). The van der Waals surface area contributed by atoms with Gasteiger partial charge >= 0.3 is 0 Å². The fraction of sp³-hybridized carbons (Fsp3) is 1.00. The lowest BCUT2D eigenvalue weighted by atomic mass is 10.3. The van der Waals surface area contributed by atoms with Crippen molar-refractivity contribution in [3.8, 4) is 0 Å². The standard InChI is InChI=1S/C5H12N2O/c1-5(2)6-3-4-7(5)8/h6,8H,3-4H2,1-2H3. The van der Waals surface area contributed by atoms with Crippen molar-refractivity contribution in [3.05, 3.63) is 0 Å². The van der Waals surface area contributed by atoms with E-state index in [1.54, 1.807) is 0 Å². The quantitative estimate of drug-likeness (QED) is 0.468. The zero-order valence-corrected chi connectivity index (χ0v) is 5.31. The molecule has 0 aromatic rings. The van der Waals surface area contributed by atoms with Crippen LogP contribution in [0.25, 0.3) is 0 Å². The molecule has 1 heterocycles. The van der Waals surface area contributed by atoms with Gasteiger partial charge in [-0.15, -0.1) is 0 Å². The van der Waals surface area contributed by atoms with Crippen molar-refractivity contribution in [1.29, 1.82) is 0 Å². The molecule has 1 aliphatic rings. The highest BCUT2D eigenvalue weighted by Gasteiger charge is 2.29. The third-order valence-corrected chi connectivity index (χ3v) is 1.53. The van der Waals surface area contributed by atoms with Crippen LogP contribution in [0.2, 0.25) is 0 Å². The van der Waals surface area contributed by atoms with E-state index in [-0.39, 0.29) is 5.66 Å². The summed E-state index contributed by atoms with van der Waals surface area (Å²) in [6, 6.07) is 0.